The van der Waals surface area contributed by atoms with E-state index in [1.165, 1.54) is 50.2 Å². The summed E-state index contributed by atoms with van der Waals surface area (Å²) in [6, 6.07) is 2.76. The van der Waals surface area contributed by atoms with Gasteiger partial charge in [-0.15, -0.1) is 11.3 Å². The van der Waals surface area contributed by atoms with Crippen LogP contribution in [-0.2, 0) is 6.54 Å². The van der Waals surface area contributed by atoms with E-state index in [2.05, 4.69) is 15.6 Å². The van der Waals surface area contributed by atoms with Crippen molar-refractivity contribution in [2.45, 2.75) is 38.3 Å². The predicted molar refractivity (Wildman–Crippen MR) is 78.4 cm³/mol. The lowest BCUT2D eigenvalue weighted by Crippen LogP contribution is -2.42. The zero-order chi connectivity index (χ0) is 12.4. The Balaban J connectivity index is 1.40. The molecule has 4 heteroatoms. The van der Waals surface area contributed by atoms with Crippen LogP contribution in [0, 0.1) is 5.92 Å². The number of likely N-dealkylation sites (tertiary alicyclic amines) is 1. The normalized spacial score (nSPS) is 22.5. The van der Waals surface area contributed by atoms with Crippen molar-refractivity contribution in [2.75, 3.05) is 19.6 Å². The van der Waals surface area contributed by atoms with E-state index in [1.54, 1.807) is 11.3 Å². The van der Waals surface area contributed by atoms with Gasteiger partial charge in [0, 0.05) is 17.5 Å². The summed E-state index contributed by atoms with van der Waals surface area (Å²) in [5.41, 5.74) is 0. The molecule has 2 nitrogen and oxygen atoms in total. The highest BCUT2D eigenvalue weighted by molar-refractivity contribution is 7.10. The van der Waals surface area contributed by atoms with Crippen molar-refractivity contribution in [1.29, 1.82) is 0 Å². The number of thiophene rings is 1. The molecule has 2 fully saturated rings. The van der Waals surface area contributed by atoms with Crippen molar-refractivity contribution in [3.63, 3.8) is 0 Å². The standard InChI is InChI=1S/C14H21ClN2S/c15-13-5-8-18-14(13)10-17-6-3-12(4-7-17)16-9-11-1-2-11/h5,8,11-12,16H,1-4,6-7,9-10H2. The molecular formula is C14H21ClN2S. The maximum Gasteiger partial charge on any atom is 0.0558 e. The maximum atomic E-state index is 6.15. The molecule has 100 valence electrons. The molecule has 0 unspecified atom stereocenters. The number of hydrogen-bond acceptors (Lipinski definition) is 3. The monoisotopic (exact) mass is 284 g/mol. The van der Waals surface area contributed by atoms with E-state index < -0.39 is 0 Å². The summed E-state index contributed by atoms with van der Waals surface area (Å²) < 4.78 is 0. The van der Waals surface area contributed by atoms with Crippen molar-refractivity contribution < 1.29 is 0 Å². The molecule has 1 aromatic heterocycles. The number of halogens is 1. The van der Waals surface area contributed by atoms with Crippen molar-refractivity contribution in [3.8, 4) is 0 Å². The fraction of sp³-hybridized carbons (Fsp3) is 0.714. The Bertz CT molecular complexity index is 381. The SMILES string of the molecule is Clc1ccsc1CN1CCC(NCC2CC2)CC1. The van der Waals surface area contributed by atoms with Gasteiger partial charge in [-0.2, -0.15) is 0 Å². The summed E-state index contributed by atoms with van der Waals surface area (Å²) in [6.07, 6.45) is 5.47. The van der Waals surface area contributed by atoms with Gasteiger partial charge in [0.1, 0.15) is 0 Å². The second kappa shape index (κ2) is 5.91. The van der Waals surface area contributed by atoms with E-state index in [9.17, 15) is 0 Å². The molecule has 0 atom stereocenters. The first-order valence-corrected chi connectivity index (χ1v) is 8.24. The van der Waals surface area contributed by atoms with E-state index >= 15 is 0 Å². The molecule has 0 radical (unpaired) electrons. The molecule has 1 aliphatic carbocycles. The maximum absolute atomic E-state index is 6.15. The van der Waals surface area contributed by atoms with Gasteiger partial charge in [-0.05, 0) is 62.7 Å². The Labute approximate surface area is 118 Å². The van der Waals surface area contributed by atoms with Gasteiger partial charge >= 0.3 is 0 Å². The third-order valence-corrected chi connectivity index (χ3v) is 5.41. The second-order valence-electron chi connectivity index (χ2n) is 5.59. The Morgan fingerprint density at radius 1 is 1.28 bits per heavy atom. The lowest BCUT2D eigenvalue weighted by atomic mass is 10.0. The van der Waals surface area contributed by atoms with E-state index in [4.69, 9.17) is 11.6 Å². The summed E-state index contributed by atoms with van der Waals surface area (Å²) in [4.78, 5) is 3.86. The zero-order valence-corrected chi connectivity index (χ0v) is 12.3. The number of nitrogens with zero attached hydrogens (tertiary/aromatic N) is 1. The topological polar surface area (TPSA) is 15.3 Å². The van der Waals surface area contributed by atoms with Gasteiger partial charge < -0.3 is 5.32 Å². The van der Waals surface area contributed by atoms with Gasteiger partial charge in [-0.1, -0.05) is 11.6 Å². The Morgan fingerprint density at radius 3 is 2.67 bits per heavy atom. The zero-order valence-electron chi connectivity index (χ0n) is 10.7. The minimum absolute atomic E-state index is 0.751. The number of hydrogen-bond donors (Lipinski definition) is 1. The molecule has 1 aliphatic heterocycles. The third kappa shape index (κ3) is 3.47. The fourth-order valence-electron chi connectivity index (χ4n) is 2.59. The molecule has 1 aromatic rings. The Hall–Kier alpha value is -0.0900. The quantitative estimate of drug-likeness (QED) is 0.892. The van der Waals surface area contributed by atoms with Crippen molar-refractivity contribution in [1.82, 2.24) is 10.2 Å². The van der Waals surface area contributed by atoms with Crippen LogP contribution in [0.2, 0.25) is 5.02 Å². The van der Waals surface area contributed by atoms with Crippen molar-refractivity contribution in [2.24, 2.45) is 5.92 Å². The van der Waals surface area contributed by atoms with E-state index in [0.29, 0.717) is 0 Å². The predicted octanol–water partition coefficient (Wildman–Crippen LogP) is 3.37. The van der Waals surface area contributed by atoms with E-state index in [-0.39, 0.29) is 0 Å². The van der Waals surface area contributed by atoms with Crippen LogP contribution in [0.25, 0.3) is 0 Å². The van der Waals surface area contributed by atoms with Gasteiger partial charge in [0.05, 0.1) is 5.02 Å². The van der Waals surface area contributed by atoms with Crippen molar-refractivity contribution in [3.05, 3.63) is 21.3 Å². The largest absolute Gasteiger partial charge is 0.314 e. The second-order valence-corrected chi connectivity index (χ2v) is 7.00. The molecule has 0 spiro atoms. The molecule has 3 rings (SSSR count). The summed E-state index contributed by atoms with van der Waals surface area (Å²) in [6.45, 7) is 4.69. The van der Waals surface area contributed by atoms with E-state index in [1.807, 2.05) is 6.07 Å². The number of rotatable bonds is 5. The van der Waals surface area contributed by atoms with Crippen LogP contribution < -0.4 is 5.32 Å². The lowest BCUT2D eigenvalue weighted by molar-refractivity contribution is 0.191. The molecular weight excluding hydrogens is 264 g/mol. The van der Waals surface area contributed by atoms with Gasteiger partial charge in [0.25, 0.3) is 0 Å². The van der Waals surface area contributed by atoms with Crippen LogP contribution in [0.15, 0.2) is 11.4 Å². The Morgan fingerprint density at radius 2 is 2.06 bits per heavy atom. The van der Waals surface area contributed by atoms with Crippen molar-refractivity contribution >= 4 is 22.9 Å². The minimum Gasteiger partial charge on any atom is -0.314 e. The molecule has 2 heterocycles. The van der Waals surface area contributed by atoms with Gasteiger partial charge in [0.2, 0.25) is 0 Å². The van der Waals surface area contributed by atoms with Gasteiger partial charge in [-0.3, -0.25) is 4.90 Å². The fourth-order valence-corrected chi connectivity index (χ4v) is 3.73. The van der Waals surface area contributed by atoms with Crippen LogP contribution in [0.3, 0.4) is 0 Å². The molecule has 0 aromatic carbocycles. The van der Waals surface area contributed by atoms with Crippen LogP contribution in [0.5, 0.6) is 0 Å². The highest BCUT2D eigenvalue weighted by Gasteiger charge is 2.24. The molecule has 2 aliphatic rings. The highest BCUT2D eigenvalue weighted by atomic mass is 35.5. The van der Waals surface area contributed by atoms with Crippen LogP contribution in [0.4, 0.5) is 0 Å². The lowest BCUT2D eigenvalue weighted by Gasteiger charge is -2.32. The molecule has 18 heavy (non-hydrogen) atoms. The number of piperidine rings is 1. The minimum atomic E-state index is 0.751. The summed E-state index contributed by atoms with van der Waals surface area (Å²) in [5.74, 6) is 0.993. The van der Waals surface area contributed by atoms with Crippen LogP contribution >= 0.6 is 22.9 Å². The molecule has 1 saturated heterocycles. The summed E-state index contributed by atoms with van der Waals surface area (Å²) in [5, 5.41) is 6.75. The first-order chi connectivity index (χ1) is 8.81. The summed E-state index contributed by atoms with van der Waals surface area (Å²) >= 11 is 7.93. The smallest absolute Gasteiger partial charge is 0.0558 e. The average Bonchev–Trinajstić information content (AvgIpc) is 3.13. The van der Waals surface area contributed by atoms with Crippen LogP contribution in [-0.4, -0.2) is 30.6 Å². The van der Waals surface area contributed by atoms with E-state index in [0.717, 1.165) is 23.5 Å². The molecule has 0 amide bonds. The first-order valence-electron chi connectivity index (χ1n) is 6.99. The molecule has 0 bridgehead atoms. The molecule has 1 N–H and O–H groups in total. The number of nitrogens with one attached hydrogen (secondary N) is 1. The average molecular weight is 285 g/mol. The Kier molecular flexibility index (Phi) is 4.24. The summed E-state index contributed by atoms with van der Waals surface area (Å²) in [7, 11) is 0. The third-order valence-electron chi connectivity index (χ3n) is 4.04. The van der Waals surface area contributed by atoms with Crippen LogP contribution in [0.1, 0.15) is 30.6 Å². The first kappa shape index (κ1) is 12.9. The van der Waals surface area contributed by atoms with Gasteiger partial charge in [0.15, 0.2) is 0 Å². The highest BCUT2D eigenvalue weighted by Crippen LogP contribution is 2.28. The molecule has 1 saturated carbocycles. The van der Waals surface area contributed by atoms with Gasteiger partial charge in [-0.25, -0.2) is 0 Å².